The Morgan fingerprint density at radius 2 is 2.00 bits per heavy atom. The molecule has 28 heavy (non-hydrogen) atoms. The lowest BCUT2D eigenvalue weighted by atomic mass is 10.0. The molecule has 5 heteroatoms. The van der Waals surface area contributed by atoms with Crippen molar-refractivity contribution in [3.63, 3.8) is 0 Å². The largest absolute Gasteiger partial charge is 0.495 e. The van der Waals surface area contributed by atoms with E-state index in [-0.39, 0.29) is 5.91 Å². The van der Waals surface area contributed by atoms with Crippen LogP contribution in [-0.4, -0.2) is 54.5 Å². The maximum atomic E-state index is 13.1. The first-order valence-corrected chi connectivity index (χ1v) is 9.92. The first-order valence-electron chi connectivity index (χ1n) is 9.92. The number of nitrogens with zero attached hydrogens (tertiary/aromatic N) is 2. The predicted molar refractivity (Wildman–Crippen MR) is 116 cm³/mol. The maximum absolute atomic E-state index is 13.1. The van der Waals surface area contributed by atoms with Gasteiger partial charge in [0.2, 0.25) is 0 Å². The lowest BCUT2D eigenvalue weighted by molar-refractivity contribution is 0.0722. The van der Waals surface area contributed by atoms with Gasteiger partial charge in [-0.05, 0) is 44.4 Å². The van der Waals surface area contributed by atoms with Crippen LogP contribution >= 0.6 is 0 Å². The fourth-order valence-corrected chi connectivity index (χ4v) is 3.43. The fraction of sp³-hybridized carbons (Fsp3) is 0.435. The second kappa shape index (κ2) is 10.0. The van der Waals surface area contributed by atoms with Crippen LogP contribution in [0, 0.1) is 5.92 Å². The van der Waals surface area contributed by atoms with Crippen LogP contribution in [0.25, 0.3) is 10.9 Å². The first kappa shape index (κ1) is 21.6. The average molecular weight is 384 g/mol. The highest BCUT2D eigenvalue weighted by molar-refractivity contribution is 5.98. The molecule has 1 unspecified atom stereocenters. The van der Waals surface area contributed by atoms with Crippen LogP contribution in [0.2, 0.25) is 0 Å². The molecular formula is C23H33N3O2. The summed E-state index contributed by atoms with van der Waals surface area (Å²) in [6, 6.07) is 9.90. The van der Waals surface area contributed by atoms with Gasteiger partial charge in [0.15, 0.2) is 0 Å². The van der Waals surface area contributed by atoms with Crippen LogP contribution in [-0.2, 0) is 4.74 Å². The molecule has 1 N–H and O–H groups in total. The smallest absolute Gasteiger partial charge is 0.270 e. The van der Waals surface area contributed by atoms with E-state index in [2.05, 4.69) is 23.4 Å². The van der Waals surface area contributed by atoms with Crippen molar-refractivity contribution in [2.24, 2.45) is 5.92 Å². The molecule has 1 atom stereocenters. The Labute approximate surface area is 168 Å². The van der Waals surface area contributed by atoms with Crippen molar-refractivity contribution >= 4 is 16.8 Å². The molecule has 0 aliphatic rings. The third kappa shape index (κ3) is 4.97. The summed E-state index contributed by atoms with van der Waals surface area (Å²) in [6.07, 6.45) is 2.89. The zero-order valence-electron chi connectivity index (χ0n) is 17.8. The Morgan fingerprint density at radius 3 is 2.57 bits per heavy atom. The number of hydrogen-bond donors (Lipinski definition) is 1. The number of ether oxygens (including phenoxy) is 1. The monoisotopic (exact) mass is 383 g/mol. The van der Waals surface area contributed by atoms with Gasteiger partial charge in [-0.25, -0.2) is 0 Å². The minimum atomic E-state index is 0.0460. The molecule has 2 rings (SSSR count). The van der Waals surface area contributed by atoms with Gasteiger partial charge in [-0.2, -0.15) is 0 Å². The molecule has 1 heterocycles. The molecule has 1 aromatic heterocycles. The second-order valence-electron chi connectivity index (χ2n) is 7.07. The number of allylic oxidation sites excluding steroid dienone is 1. The number of likely N-dealkylation sites (N-methyl/N-ethyl adjacent to an activating group) is 1. The molecule has 0 saturated carbocycles. The average Bonchev–Trinajstić information content (AvgIpc) is 3.15. The normalized spacial score (nSPS) is 12.7. The molecule has 1 amide bonds. The summed E-state index contributed by atoms with van der Waals surface area (Å²) < 4.78 is 5.38. The topological polar surface area (TPSA) is 48.6 Å². The van der Waals surface area contributed by atoms with E-state index in [1.807, 2.05) is 62.2 Å². The summed E-state index contributed by atoms with van der Waals surface area (Å²) in [4.78, 5) is 20.3. The number of amides is 1. The molecule has 0 fully saturated rings. The van der Waals surface area contributed by atoms with Crippen LogP contribution in [0.4, 0.5) is 0 Å². The van der Waals surface area contributed by atoms with Crippen molar-refractivity contribution in [1.29, 1.82) is 0 Å². The predicted octanol–water partition coefficient (Wildman–Crippen LogP) is 4.65. The summed E-state index contributed by atoms with van der Waals surface area (Å²) in [5.41, 5.74) is 2.49. The van der Waals surface area contributed by atoms with E-state index in [0.717, 1.165) is 35.3 Å². The molecule has 0 radical (unpaired) electrons. The molecule has 0 spiro atoms. The number of carbonyl (C=O) groups is 1. The molecule has 5 nitrogen and oxygen atoms in total. The Balaban J connectivity index is 2.08. The number of hydrogen-bond acceptors (Lipinski definition) is 3. The van der Waals surface area contributed by atoms with Crippen LogP contribution in [0.15, 0.2) is 54.4 Å². The van der Waals surface area contributed by atoms with Gasteiger partial charge < -0.3 is 19.5 Å². The molecule has 0 aliphatic carbocycles. The minimum absolute atomic E-state index is 0.0460. The number of H-pyrrole nitrogens is 1. The van der Waals surface area contributed by atoms with Gasteiger partial charge in [-0.15, -0.1) is 0 Å². The van der Waals surface area contributed by atoms with Crippen molar-refractivity contribution in [2.75, 3.05) is 33.8 Å². The summed E-state index contributed by atoms with van der Waals surface area (Å²) in [5.74, 6) is 1.16. The number of fused-ring (bicyclic) bond motifs is 1. The number of methoxy groups -OCH3 is 1. The van der Waals surface area contributed by atoms with Crippen LogP contribution in [0.5, 0.6) is 0 Å². The van der Waals surface area contributed by atoms with Gasteiger partial charge in [0.25, 0.3) is 5.91 Å². The van der Waals surface area contributed by atoms with E-state index in [4.69, 9.17) is 4.74 Å². The Bertz CT molecular complexity index is 804. The highest BCUT2D eigenvalue weighted by Gasteiger charge is 2.21. The maximum Gasteiger partial charge on any atom is 0.270 e. The van der Waals surface area contributed by atoms with Gasteiger partial charge >= 0.3 is 0 Å². The molecular weight excluding hydrogens is 350 g/mol. The minimum Gasteiger partial charge on any atom is -0.495 e. The van der Waals surface area contributed by atoms with Gasteiger partial charge in [0, 0.05) is 37.6 Å². The van der Waals surface area contributed by atoms with Gasteiger partial charge in [0.1, 0.15) is 11.5 Å². The molecule has 0 bridgehead atoms. The number of nitrogens with one attached hydrogen (secondary N) is 1. The van der Waals surface area contributed by atoms with Crippen molar-refractivity contribution in [3.05, 3.63) is 60.1 Å². The third-order valence-corrected chi connectivity index (χ3v) is 5.24. The van der Waals surface area contributed by atoms with Gasteiger partial charge in [-0.1, -0.05) is 31.7 Å². The third-order valence-electron chi connectivity index (χ3n) is 5.24. The SMILES string of the molecule is C=C(/C(=C\C)OC)N(C)CC(CC)CN(CC)C(=O)c1cc2ccccc2[nH]1. The van der Waals surface area contributed by atoms with Crippen molar-refractivity contribution in [3.8, 4) is 0 Å². The summed E-state index contributed by atoms with van der Waals surface area (Å²) >= 11 is 0. The van der Waals surface area contributed by atoms with Crippen molar-refractivity contribution in [2.45, 2.75) is 27.2 Å². The number of benzene rings is 1. The lowest BCUT2D eigenvalue weighted by Gasteiger charge is -2.31. The van der Waals surface area contributed by atoms with E-state index >= 15 is 0 Å². The van der Waals surface area contributed by atoms with E-state index in [0.29, 0.717) is 24.7 Å². The van der Waals surface area contributed by atoms with Crippen LogP contribution < -0.4 is 0 Å². The van der Waals surface area contributed by atoms with Crippen LogP contribution in [0.3, 0.4) is 0 Å². The summed E-state index contributed by atoms with van der Waals surface area (Å²) in [6.45, 7) is 12.5. The van der Waals surface area contributed by atoms with Crippen LogP contribution in [0.1, 0.15) is 37.7 Å². The van der Waals surface area contributed by atoms with Crippen molar-refractivity contribution in [1.82, 2.24) is 14.8 Å². The quantitative estimate of drug-likeness (QED) is 0.480. The molecule has 2 aromatic rings. The fourth-order valence-electron chi connectivity index (χ4n) is 3.43. The molecule has 152 valence electrons. The number of carbonyl (C=O) groups excluding carboxylic acids is 1. The lowest BCUT2D eigenvalue weighted by Crippen LogP contribution is -2.39. The Morgan fingerprint density at radius 1 is 1.29 bits per heavy atom. The van der Waals surface area contributed by atoms with Gasteiger partial charge in [-0.3, -0.25) is 4.79 Å². The highest BCUT2D eigenvalue weighted by atomic mass is 16.5. The van der Waals surface area contributed by atoms with E-state index < -0.39 is 0 Å². The Kier molecular flexibility index (Phi) is 7.73. The number of aromatic nitrogens is 1. The summed E-state index contributed by atoms with van der Waals surface area (Å²) in [5, 5.41) is 1.06. The zero-order chi connectivity index (χ0) is 20.7. The standard InChI is InChI=1S/C23H33N3O2/c1-7-18(15-25(5)17(4)22(8-2)28-6)16-26(9-3)23(27)21-14-19-12-10-11-13-20(19)24-21/h8,10-14,18,24H,4,7,9,15-16H2,1-3,5-6H3/b22-8+. The van der Waals surface area contributed by atoms with E-state index in [1.54, 1.807) is 7.11 Å². The summed E-state index contributed by atoms with van der Waals surface area (Å²) in [7, 11) is 3.67. The highest BCUT2D eigenvalue weighted by Crippen LogP contribution is 2.19. The molecule has 0 aliphatic heterocycles. The second-order valence-corrected chi connectivity index (χ2v) is 7.07. The number of para-hydroxylation sites is 1. The number of rotatable bonds is 10. The molecule has 1 aromatic carbocycles. The number of aromatic amines is 1. The van der Waals surface area contributed by atoms with E-state index in [9.17, 15) is 4.79 Å². The van der Waals surface area contributed by atoms with Gasteiger partial charge in [0.05, 0.1) is 12.8 Å². The first-order chi connectivity index (χ1) is 13.4. The van der Waals surface area contributed by atoms with Crippen molar-refractivity contribution < 1.29 is 9.53 Å². The Hall–Kier alpha value is -2.69. The molecule has 0 saturated heterocycles. The van der Waals surface area contributed by atoms with E-state index in [1.165, 1.54) is 0 Å². The zero-order valence-corrected chi connectivity index (χ0v) is 17.8.